The minimum absolute atomic E-state index is 0.0373. The first-order valence-corrected chi connectivity index (χ1v) is 18.1. The Bertz CT molecular complexity index is 2090. The zero-order valence-corrected chi connectivity index (χ0v) is 29.2. The molecule has 0 N–H and O–H groups in total. The number of esters is 1. The van der Waals surface area contributed by atoms with E-state index < -0.39 is 16.0 Å². The van der Waals surface area contributed by atoms with Gasteiger partial charge in [0.1, 0.15) is 11.3 Å². The average molecular weight is 704 g/mol. The summed E-state index contributed by atoms with van der Waals surface area (Å²) in [4.78, 5) is 30.5. The average Bonchev–Trinajstić information content (AvgIpc) is 3.88. The number of hydrogen-bond donors (Lipinski definition) is 0. The Morgan fingerprint density at radius 2 is 1.73 bits per heavy atom. The van der Waals surface area contributed by atoms with Crippen LogP contribution >= 0.6 is 11.6 Å². The fourth-order valence-electron chi connectivity index (χ4n) is 6.26. The van der Waals surface area contributed by atoms with Crippen LogP contribution in [0.15, 0.2) is 92.8 Å². The molecular weight excluding hydrogens is 666 g/mol. The van der Waals surface area contributed by atoms with Gasteiger partial charge in [-0.15, -0.1) is 0 Å². The highest BCUT2D eigenvalue weighted by atomic mass is 35.5. The van der Waals surface area contributed by atoms with E-state index in [1.165, 1.54) is 16.4 Å². The number of aryl methyl sites for hydroxylation is 1. The maximum Gasteiger partial charge on any atom is 0.374 e. The summed E-state index contributed by atoms with van der Waals surface area (Å²) >= 11 is 6.48. The Labute approximate surface area is 290 Å². The standard InChI is InChI=1S/C37H38ClN3O7S/c1-4-41(49(44,45)29-15-17-34-31(22-29)25(3)35(48-34)37(43)46-5-2)33-16-14-27(39-18-8-9-19-39)21-26(33)23-40(24-28-11-10-20-47-28)36(42)30-12-6-7-13-32(30)38/h6-7,10-17,20-22H,4-5,8-9,18-19,23-24H2,1-3H3. The second-order valence-corrected chi connectivity index (χ2v) is 14.1. The van der Waals surface area contributed by atoms with E-state index in [1.54, 1.807) is 74.4 Å². The van der Waals surface area contributed by atoms with Crippen molar-refractivity contribution >= 4 is 55.8 Å². The van der Waals surface area contributed by atoms with Gasteiger partial charge in [0, 0.05) is 42.8 Å². The van der Waals surface area contributed by atoms with E-state index in [1.807, 2.05) is 18.2 Å². The lowest BCUT2D eigenvalue weighted by Crippen LogP contribution is -2.34. The number of carbonyl (C=O) groups is 2. The Morgan fingerprint density at radius 1 is 0.959 bits per heavy atom. The lowest BCUT2D eigenvalue weighted by Gasteiger charge is -2.30. The molecule has 12 heteroatoms. The molecule has 1 saturated heterocycles. The van der Waals surface area contributed by atoms with E-state index in [2.05, 4.69) is 4.90 Å². The van der Waals surface area contributed by atoms with Crippen LogP contribution in [0.5, 0.6) is 0 Å². The summed E-state index contributed by atoms with van der Waals surface area (Å²) < 4.78 is 46.8. The van der Waals surface area contributed by atoms with E-state index in [-0.39, 0.29) is 42.8 Å². The zero-order valence-electron chi connectivity index (χ0n) is 27.6. The van der Waals surface area contributed by atoms with E-state index in [0.29, 0.717) is 44.1 Å². The van der Waals surface area contributed by atoms with Gasteiger partial charge in [-0.1, -0.05) is 23.7 Å². The number of benzene rings is 3. The van der Waals surface area contributed by atoms with Crippen molar-refractivity contribution in [3.8, 4) is 0 Å². The van der Waals surface area contributed by atoms with Gasteiger partial charge in [-0.25, -0.2) is 13.2 Å². The van der Waals surface area contributed by atoms with Crippen LogP contribution in [0.4, 0.5) is 11.4 Å². The predicted octanol–water partition coefficient (Wildman–Crippen LogP) is 7.82. The topological polar surface area (TPSA) is 114 Å². The highest BCUT2D eigenvalue weighted by Crippen LogP contribution is 2.35. The molecule has 256 valence electrons. The Morgan fingerprint density at radius 3 is 2.43 bits per heavy atom. The number of rotatable bonds is 12. The molecule has 0 spiro atoms. The number of fused-ring (bicyclic) bond motifs is 1. The molecule has 1 fully saturated rings. The lowest BCUT2D eigenvalue weighted by atomic mass is 10.1. The molecule has 0 aliphatic carbocycles. The summed E-state index contributed by atoms with van der Waals surface area (Å²) in [7, 11) is -4.13. The van der Waals surface area contributed by atoms with Gasteiger partial charge in [0.15, 0.2) is 0 Å². The number of sulfonamides is 1. The van der Waals surface area contributed by atoms with Gasteiger partial charge < -0.3 is 23.4 Å². The largest absolute Gasteiger partial charge is 0.467 e. The Balaban J connectivity index is 1.43. The van der Waals surface area contributed by atoms with Gasteiger partial charge in [0.05, 0.1) is 40.6 Å². The smallest absolute Gasteiger partial charge is 0.374 e. The number of amides is 1. The molecule has 0 bridgehead atoms. The van der Waals surface area contributed by atoms with Crippen molar-refractivity contribution in [3.05, 3.63) is 112 Å². The molecule has 10 nitrogen and oxygen atoms in total. The van der Waals surface area contributed by atoms with E-state index in [9.17, 15) is 18.0 Å². The molecule has 3 heterocycles. The third-order valence-corrected chi connectivity index (χ3v) is 10.9. The molecule has 3 aromatic carbocycles. The number of nitrogens with zero attached hydrogens (tertiary/aromatic N) is 3. The lowest BCUT2D eigenvalue weighted by molar-refractivity contribution is 0.0491. The van der Waals surface area contributed by atoms with Crippen molar-refractivity contribution in [3.63, 3.8) is 0 Å². The molecule has 6 rings (SSSR count). The van der Waals surface area contributed by atoms with Gasteiger partial charge in [-0.2, -0.15) is 0 Å². The molecule has 0 saturated carbocycles. The third kappa shape index (κ3) is 6.91. The molecule has 5 aromatic rings. The summed E-state index contributed by atoms with van der Waals surface area (Å²) in [5.41, 5.74) is 3.25. The quantitative estimate of drug-likeness (QED) is 0.121. The second-order valence-electron chi connectivity index (χ2n) is 11.8. The third-order valence-electron chi connectivity index (χ3n) is 8.73. The minimum atomic E-state index is -4.13. The summed E-state index contributed by atoms with van der Waals surface area (Å²) in [6.07, 6.45) is 3.68. The fraction of sp³-hybridized carbons (Fsp3) is 0.297. The van der Waals surface area contributed by atoms with Crippen LogP contribution in [-0.4, -0.2) is 51.4 Å². The number of carbonyl (C=O) groups excluding carboxylic acids is 2. The van der Waals surface area contributed by atoms with Crippen LogP contribution in [0.2, 0.25) is 5.02 Å². The van der Waals surface area contributed by atoms with Gasteiger partial charge >= 0.3 is 5.97 Å². The SMILES string of the molecule is CCOC(=O)c1oc2ccc(S(=O)(=O)N(CC)c3ccc(N4CCCC4)cc3CN(Cc3ccco3)C(=O)c3ccccc3Cl)cc2c1C. The van der Waals surface area contributed by atoms with E-state index in [4.69, 9.17) is 25.2 Å². The van der Waals surface area contributed by atoms with Crippen LogP contribution < -0.4 is 9.21 Å². The predicted molar refractivity (Wildman–Crippen MR) is 189 cm³/mol. The number of hydrogen-bond acceptors (Lipinski definition) is 8. The summed E-state index contributed by atoms with van der Waals surface area (Å²) in [5.74, 6) is -0.311. The van der Waals surface area contributed by atoms with Gasteiger partial charge in [0.25, 0.3) is 15.9 Å². The first-order chi connectivity index (χ1) is 23.6. The number of anilines is 2. The normalized spacial score (nSPS) is 13.2. The Kier molecular flexibility index (Phi) is 10.0. The molecule has 0 atom stereocenters. The van der Waals surface area contributed by atoms with E-state index >= 15 is 0 Å². The summed E-state index contributed by atoms with van der Waals surface area (Å²) in [6, 6.07) is 20.7. The van der Waals surface area contributed by atoms with Crippen LogP contribution in [-0.2, 0) is 27.8 Å². The van der Waals surface area contributed by atoms with Gasteiger partial charge in [-0.05, 0) is 99.8 Å². The molecule has 49 heavy (non-hydrogen) atoms. The van der Waals surface area contributed by atoms with Gasteiger partial charge in [0.2, 0.25) is 5.76 Å². The fourth-order valence-corrected chi connectivity index (χ4v) is 8.02. The van der Waals surface area contributed by atoms with Crippen molar-refractivity contribution in [2.75, 3.05) is 35.4 Å². The molecule has 0 unspecified atom stereocenters. The maximum atomic E-state index is 14.5. The molecule has 2 aromatic heterocycles. The summed E-state index contributed by atoms with van der Waals surface area (Å²) in [5, 5.41) is 0.816. The summed E-state index contributed by atoms with van der Waals surface area (Å²) in [6.45, 7) is 7.47. The highest BCUT2D eigenvalue weighted by Gasteiger charge is 2.30. The zero-order chi connectivity index (χ0) is 34.7. The first-order valence-electron chi connectivity index (χ1n) is 16.3. The monoisotopic (exact) mass is 703 g/mol. The maximum absolute atomic E-state index is 14.5. The molecular formula is C37H38ClN3O7S. The number of ether oxygens (including phenoxy) is 1. The van der Waals surface area contributed by atoms with Crippen molar-refractivity contribution in [2.45, 2.75) is 51.6 Å². The minimum Gasteiger partial charge on any atom is -0.467 e. The van der Waals surface area contributed by atoms with Crippen LogP contribution in [0.25, 0.3) is 11.0 Å². The van der Waals surface area contributed by atoms with Crippen LogP contribution in [0.1, 0.15) is 64.5 Å². The van der Waals surface area contributed by atoms with Crippen molar-refractivity contribution in [1.29, 1.82) is 0 Å². The number of halogens is 1. The first kappa shape index (κ1) is 34.1. The van der Waals surface area contributed by atoms with Crippen molar-refractivity contribution < 1.29 is 31.6 Å². The van der Waals surface area contributed by atoms with Crippen LogP contribution in [0, 0.1) is 6.92 Å². The van der Waals surface area contributed by atoms with E-state index in [0.717, 1.165) is 31.6 Å². The molecule has 0 radical (unpaired) electrons. The Hall–Kier alpha value is -4.74. The second kappa shape index (κ2) is 14.4. The molecule has 1 amide bonds. The molecule has 1 aliphatic rings. The molecule has 1 aliphatic heterocycles. The van der Waals surface area contributed by atoms with Crippen molar-refractivity contribution in [1.82, 2.24) is 4.90 Å². The van der Waals surface area contributed by atoms with Crippen molar-refractivity contribution in [2.24, 2.45) is 0 Å². The van der Waals surface area contributed by atoms with Crippen LogP contribution in [0.3, 0.4) is 0 Å². The van der Waals surface area contributed by atoms with Gasteiger partial charge in [-0.3, -0.25) is 9.10 Å². The number of furan rings is 2. The highest BCUT2D eigenvalue weighted by molar-refractivity contribution is 7.92.